The summed E-state index contributed by atoms with van der Waals surface area (Å²) in [4.78, 5) is 15.5. The minimum atomic E-state index is 0.128. The number of rotatable bonds is 4. The number of carbonyl (C=O) groups is 1. The van der Waals surface area contributed by atoms with E-state index in [9.17, 15) is 4.79 Å². The normalized spacial score (nSPS) is 22.8. The Hall–Kier alpha value is -0.580. The first-order valence-electron chi connectivity index (χ1n) is 7.44. The van der Waals surface area contributed by atoms with E-state index in [0.717, 1.165) is 31.5 Å². The number of halogens is 1. The lowest BCUT2D eigenvalue weighted by Gasteiger charge is -2.30. The third-order valence-corrected chi connectivity index (χ3v) is 5.86. The number of aryl methyl sites for hydroxylation is 1. The summed E-state index contributed by atoms with van der Waals surface area (Å²) >= 11 is 7.74. The average Bonchev–Trinajstić information content (AvgIpc) is 3.25. The Labute approximate surface area is 129 Å². The van der Waals surface area contributed by atoms with E-state index < -0.39 is 0 Å². The van der Waals surface area contributed by atoms with Crippen LogP contribution in [0.15, 0.2) is 5.38 Å². The summed E-state index contributed by atoms with van der Waals surface area (Å²) in [5.74, 6) is 0.128. The molecule has 110 valence electrons. The first-order chi connectivity index (χ1) is 9.66. The zero-order valence-corrected chi connectivity index (χ0v) is 13.4. The summed E-state index contributed by atoms with van der Waals surface area (Å²) in [6.07, 6.45) is 5.97. The average molecular weight is 313 g/mol. The van der Waals surface area contributed by atoms with Crippen molar-refractivity contribution in [3.63, 3.8) is 0 Å². The van der Waals surface area contributed by atoms with E-state index in [1.54, 1.807) is 0 Å². The van der Waals surface area contributed by atoms with Gasteiger partial charge in [0.05, 0.1) is 5.02 Å². The molecule has 5 heteroatoms. The number of carbonyl (C=O) groups excluding carboxylic acids is 1. The maximum absolute atomic E-state index is 12.8. The summed E-state index contributed by atoms with van der Waals surface area (Å²) in [5, 5.41) is 6.15. The highest BCUT2D eigenvalue weighted by atomic mass is 35.5. The van der Waals surface area contributed by atoms with E-state index in [-0.39, 0.29) is 5.91 Å². The first-order valence-corrected chi connectivity index (χ1v) is 8.70. The van der Waals surface area contributed by atoms with Crippen LogP contribution in [0.5, 0.6) is 0 Å². The van der Waals surface area contributed by atoms with Crippen molar-refractivity contribution in [2.75, 3.05) is 13.1 Å². The van der Waals surface area contributed by atoms with E-state index in [2.05, 4.69) is 10.2 Å². The molecule has 2 fully saturated rings. The SMILES string of the molecule is Cc1csc(C(=O)N(CC2CCCCN2)C2CC2)c1Cl. The van der Waals surface area contributed by atoms with Crippen LogP contribution in [0.4, 0.5) is 0 Å². The summed E-state index contributed by atoms with van der Waals surface area (Å²) in [5.41, 5.74) is 1.01. The Morgan fingerprint density at radius 1 is 1.45 bits per heavy atom. The van der Waals surface area contributed by atoms with Gasteiger partial charge in [-0.05, 0) is 50.1 Å². The second kappa shape index (κ2) is 6.04. The second-order valence-corrected chi connectivity index (χ2v) is 7.15. The standard InChI is InChI=1S/C15H21ClN2OS/c1-10-9-20-14(13(10)16)15(19)18(12-5-6-12)8-11-4-2-3-7-17-11/h9,11-12,17H,2-8H2,1H3. The van der Waals surface area contributed by atoms with E-state index >= 15 is 0 Å². The molecule has 3 rings (SSSR count). The zero-order valence-electron chi connectivity index (χ0n) is 11.8. The number of nitrogens with one attached hydrogen (secondary N) is 1. The number of nitrogens with zero attached hydrogens (tertiary/aromatic N) is 1. The highest BCUT2D eigenvalue weighted by Crippen LogP contribution is 2.33. The summed E-state index contributed by atoms with van der Waals surface area (Å²) in [7, 11) is 0. The molecule has 2 heterocycles. The quantitative estimate of drug-likeness (QED) is 0.923. The predicted molar refractivity (Wildman–Crippen MR) is 83.8 cm³/mol. The van der Waals surface area contributed by atoms with Gasteiger partial charge in [-0.1, -0.05) is 18.0 Å². The molecule has 1 atom stereocenters. The Morgan fingerprint density at radius 2 is 2.25 bits per heavy atom. The Kier molecular flexibility index (Phi) is 4.34. The van der Waals surface area contributed by atoms with Crippen LogP contribution >= 0.6 is 22.9 Å². The Bertz CT molecular complexity index is 492. The number of amides is 1. The largest absolute Gasteiger partial charge is 0.333 e. The maximum atomic E-state index is 12.8. The van der Waals surface area contributed by atoms with Gasteiger partial charge < -0.3 is 10.2 Å². The molecule has 1 saturated heterocycles. The highest BCUT2D eigenvalue weighted by molar-refractivity contribution is 7.13. The van der Waals surface area contributed by atoms with Crippen LogP contribution in [0.25, 0.3) is 0 Å². The molecular weight excluding hydrogens is 292 g/mol. The van der Waals surface area contributed by atoms with Gasteiger partial charge in [0.1, 0.15) is 4.88 Å². The monoisotopic (exact) mass is 312 g/mol. The molecule has 1 saturated carbocycles. The van der Waals surface area contributed by atoms with Gasteiger partial charge in [0, 0.05) is 18.6 Å². The molecule has 1 aliphatic carbocycles. The molecular formula is C15H21ClN2OS. The van der Waals surface area contributed by atoms with Crippen LogP contribution in [0.1, 0.15) is 47.3 Å². The zero-order chi connectivity index (χ0) is 14.1. The van der Waals surface area contributed by atoms with Gasteiger partial charge >= 0.3 is 0 Å². The molecule has 2 aliphatic rings. The van der Waals surface area contributed by atoms with Crippen molar-refractivity contribution in [2.45, 2.75) is 51.1 Å². The van der Waals surface area contributed by atoms with Gasteiger partial charge in [-0.25, -0.2) is 0 Å². The smallest absolute Gasteiger partial charge is 0.265 e. The second-order valence-electron chi connectivity index (χ2n) is 5.90. The van der Waals surface area contributed by atoms with Crippen molar-refractivity contribution >= 4 is 28.8 Å². The third kappa shape index (κ3) is 3.02. The molecule has 0 radical (unpaired) electrons. The molecule has 3 nitrogen and oxygen atoms in total. The minimum absolute atomic E-state index is 0.128. The van der Waals surface area contributed by atoms with Crippen molar-refractivity contribution in [1.29, 1.82) is 0 Å². The fourth-order valence-electron chi connectivity index (χ4n) is 2.81. The van der Waals surface area contributed by atoms with Crippen LogP contribution in [0.2, 0.25) is 5.02 Å². The fourth-order valence-corrected chi connectivity index (χ4v) is 4.03. The van der Waals surface area contributed by atoms with Crippen LogP contribution in [-0.4, -0.2) is 36.0 Å². The van der Waals surface area contributed by atoms with Gasteiger partial charge in [-0.2, -0.15) is 0 Å². The van der Waals surface area contributed by atoms with Gasteiger partial charge in [-0.15, -0.1) is 11.3 Å². The predicted octanol–water partition coefficient (Wildman–Crippen LogP) is 3.46. The van der Waals surface area contributed by atoms with Crippen LogP contribution in [0.3, 0.4) is 0 Å². The Morgan fingerprint density at radius 3 is 2.80 bits per heavy atom. The van der Waals surface area contributed by atoms with Crippen molar-refractivity contribution in [1.82, 2.24) is 10.2 Å². The molecule has 1 amide bonds. The fraction of sp³-hybridized carbons (Fsp3) is 0.667. The van der Waals surface area contributed by atoms with Crippen molar-refractivity contribution in [2.24, 2.45) is 0 Å². The van der Waals surface area contributed by atoms with Gasteiger partial charge in [0.15, 0.2) is 0 Å². The van der Waals surface area contributed by atoms with Crippen LogP contribution in [-0.2, 0) is 0 Å². The molecule has 1 aromatic rings. The molecule has 0 bridgehead atoms. The van der Waals surface area contributed by atoms with E-state index in [1.165, 1.54) is 30.6 Å². The van der Waals surface area contributed by atoms with Crippen molar-refractivity contribution < 1.29 is 4.79 Å². The lowest BCUT2D eigenvalue weighted by molar-refractivity contribution is 0.0723. The number of thiophene rings is 1. The molecule has 1 aliphatic heterocycles. The third-order valence-electron chi connectivity index (χ3n) is 4.17. The van der Waals surface area contributed by atoms with E-state index in [1.807, 2.05) is 12.3 Å². The summed E-state index contributed by atoms with van der Waals surface area (Å²) < 4.78 is 0. The topological polar surface area (TPSA) is 32.3 Å². The summed E-state index contributed by atoms with van der Waals surface area (Å²) in [6, 6.07) is 0.887. The van der Waals surface area contributed by atoms with Crippen LogP contribution in [0, 0.1) is 6.92 Å². The van der Waals surface area contributed by atoms with Gasteiger partial charge in [-0.3, -0.25) is 4.79 Å². The van der Waals surface area contributed by atoms with E-state index in [0.29, 0.717) is 22.0 Å². The van der Waals surface area contributed by atoms with Crippen molar-refractivity contribution in [3.8, 4) is 0 Å². The number of hydrogen-bond donors (Lipinski definition) is 1. The number of hydrogen-bond acceptors (Lipinski definition) is 3. The minimum Gasteiger partial charge on any atom is -0.333 e. The van der Waals surface area contributed by atoms with Crippen LogP contribution < -0.4 is 5.32 Å². The molecule has 20 heavy (non-hydrogen) atoms. The first kappa shape index (κ1) is 14.4. The van der Waals surface area contributed by atoms with Crippen molar-refractivity contribution in [3.05, 3.63) is 20.8 Å². The molecule has 1 unspecified atom stereocenters. The molecule has 0 aromatic carbocycles. The highest BCUT2D eigenvalue weighted by Gasteiger charge is 2.36. The molecule has 0 spiro atoms. The maximum Gasteiger partial charge on any atom is 0.265 e. The lowest BCUT2D eigenvalue weighted by atomic mass is 10.0. The van der Waals surface area contributed by atoms with E-state index in [4.69, 9.17) is 11.6 Å². The van der Waals surface area contributed by atoms with Gasteiger partial charge in [0.2, 0.25) is 0 Å². The Balaban J connectivity index is 1.73. The molecule has 1 aromatic heterocycles. The number of piperidine rings is 1. The summed E-state index contributed by atoms with van der Waals surface area (Å²) in [6.45, 7) is 3.87. The molecule has 1 N–H and O–H groups in total. The lowest BCUT2D eigenvalue weighted by Crippen LogP contribution is -2.46. The van der Waals surface area contributed by atoms with Gasteiger partial charge in [0.25, 0.3) is 5.91 Å².